The average Bonchev–Trinajstić information content (AvgIpc) is 2.67. The smallest absolute Gasteiger partial charge is 0.100 e. The second-order valence-corrected chi connectivity index (χ2v) is 5.97. The maximum absolute atomic E-state index is 9.07. The highest BCUT2D eigenvalue weighted by Gasteiger charge is 2.25. The number of ether oxygens (including phenoxy) is 1. The molecule has 0 spiro atoms. The van der Waals surface area contributed by atoms with Crippen molar-refractivity contribution in [3.05, 3.63) is 28.2 Å². The fourth-order valence-corrected chi connectivity index (χ4v) is 3.27. The Balaban J connectivity index is 2.18. The van der Waals surface area contributed by atoms with Gasteiger partial charge in [0.25, 0.3) is 0 Å². The van der Waals surface area contributed by atoms with Crippen LogP contribution >= 0.6 is 27.7 Å². The van der Waals surface area contributed by atoms with Gasteiger partial charge in [0.15, 0.2) is 0 Å². The predicted molar refractivity (Wildman–Crippen MR) is 68.5 cm³/mol. The molecular weight excluding hydrogens is 286 g/mol. The van der Waals surface area contributed by atoms with Gasteiger partial charge in [-0.25, -0.2) is 0 Å². The third-order valence-corrected chi connectivity index (χ3v) is 4.67. The summed E-state index contributed by atoms with van der Waals surface area (Å²) in [5.74, 6) is 0. The Hall–Kier alpha value is -0.500. The van der Waals surface area contributed by atoms with Crippen LogP contribution < -0.4 is 0 Å². The average molecular weight is 298 g/mol. The second kappa shape index (κ2) is 5.22. The Morgan fingerprint density at radius 2 is 2.38 bits per heavy atom. The van der Waals surface area contributed by atoms with Gasteiger partial charge < -0.3 is 4.74 Å². The lowest BCUT2D eigenvalue weighted by Gasteiger charge is -2.14. The van der Waals surface area contributed by atoms with Crippen LogP contribution in [-0.2, 0) is 4.74 Å². The van der Waals surface area contributed by atoms with Gasteiger partial charge in [-0.15, -0.1) is 11.8 Å². The Bertz CT molecular complexity index is 430. The molecule has 1 aliphatic rings. The van der Waals surface area contributed by atoms with Gasteiger partial charge in [-0.1, -0.05) is 15.9 Å². The molecule has 2 rings (SSSR count). The summed E-state index contributed by atoms with van der Waals surface area (Å²) < 4.78 is 6.47. The molecule has 84 valence electrons. The second-order valence-electron chi connectivity index (χ2n) is 3.77. The summed E-state index contributed by atoms with van der Waals surface area (Å²) >= 11 is 5.13. The molecule has 1 aliphatic heterocycles. The number of rotatable bonds is 2. The highest BCUT2D eigenvalue weighted by Crippen LogP contribution is 2.35. The Kier molecular flexibility index (Phi) is 3.91. The Morgan fingerprint density at radius 1 is 1.56 bits per heavy atom. The maximum Gasteiger partial charge on any atom is 0.100 e. The van der Waals surface area contributed by atoms with Crippen molar-refractivity contribution in [3.8, 4) is 6.07 Å². The maximum atomic E-state index is 9.07. The monoisotopic (exact) mass is 297 g/mol. The van der Waals surface area contributed by atoms with Crippen molar-refractivity contribution in [2.75, 3.05) is 6.61 Å². The van der Waals surface area contributed by atoms with Gasteiger partial charge in [0, 0.05) is 21.2 Å². The number of thioether (sulfide) groups is 1. The van der Waals surface area contributed by atoms with Gasteiger partial charge in [-0.2, -0.15) is 5.26 Å². The highest BCUT2D eigenvalue weighted by molar-refractivity contribution is 9.10. The summed E-state index contributed by atoms with van der Waals surface area (Å²) in [4.78, 5) is 1.05. The van der Waals surface area contributed by atoms with Crippen LogP contribution in [0.15, 0.2) is 27.6 Å². The van der Waals surface area contributed by atoms with Crippen molar-refractivity contribution >= 4 is 27.7 Å². The zero-order valence-corrected chi connectivity index (χ0v) is 11.3. The van der Waals surface area contributed by atoms with E-state index in [2.05, 4.69) is 28.9 Å². The zero-order valence-electron chi connectivity index (χ0n) is 8.94. The minimum Gasteiger partial charge on any atom is -0.377 e. The molecule has 0 saturated carbocycles. The minimum atomic E-state index is 0.278. The lowest BCUT2D eigenvalue weighted by Crippen LogP contribution is -2.13. The molecule has 0 aromatic heterocycles. The summed E-state index contributed by atoms with van der Waals surface area (Å²) in [7, 11) is 0. The third kappa shape index (κ3) is 2.60. The van der Waals surface area contributed by atoms with Crippen LogP contribution in [0, 0.1) is 11.3 Å². The van der Waals surface area contributed by atoms with E-state index in [1.807, 2.05) is 18.2 Å². The minimum absolute atomic E-state index is 0.278. The van der Waals surface area contributed by atoms with Crippen LogP contribution in [-0.4, -0.2) is 18.0 Å². The molecule has 0 radical (unpaired) electrons. The van der Waals surface area contributed by atoms with Crippen molar-refractivity contribution in [3.63, 3.8) is 0 Å². The lowest BCUT2D eigenvalue weighted by molar-refractivity contribution is 0.127. The Labute approximate surface area is 108 Å². The fraction of sp³-hybridized carbons (Fsp3) is 0.417. The summed E-state index contributed by atoms with van der Waals surface area (Å²) in [6.07, 6.45) is 1.34. The van der Waals surface area contributed by atoms with E-state index in [0.717, 1.165) is 28.0 Å². The first-order valence-corrected chi connectivity index (χ1v) is 6.86. The molecule has 2 atom stereocenters. The fourth-order valence-electron chi connectivity index (χ4n) is 1.72. The number of halogens is 1. The van der Waals surface area contributed by atoms with Crippen LogP contribution in [0.2, 0.25) is 0 Å². The van der Waals surface area contributed by atoms with E-state index in [4.69, 9.17) is 10.00 Å². The van der Waals surface area contributed by atoms with Crippen LogP contribution in [0.5, 0.6) is 0 Å². The molecule has 2 unspecified atom stereocenters. The van der Waals surface area contributed by atoms with Gasteiger partial charge in [0.2, 0.25) is 0 Å². The van der Waals surface area contributed by atoms with E-state index in [9.17, 15) is 0 Å². The van der Waals surface area contributed by atoms with Crippen LogP contribution in [0.4, 0.5) is 0 Å². The first kappa shape index (κ1) is 12.0. The summed E-state index contributed by atoms with van der Waals surface area (Å²) in [6.45, 7) is 2.92. The predicted octanol–water partition coefficient (Wildman–Crippen LogP) is 3.59. The molecule has 0 amide bonds. The van der Waals surface area contributed by atoms with Crippen molar-refractivity contribution in [2.24, 2.45) is 0 Å². The van der Waals surface area contributed by atoms with Crippen LogP contribution in [0.25, 0.3) is 0 Å². The zero-order chi connectivity index (χ0) is 11.5. The van der Waals surface area contributed by atoms with E-state index in [-0.39, 0.29) is 6.10 Å². The summed E-state index contributed by atoms with van der Waals surface area (Å²) in [5.41, 5.74) is 0.735. The molecule has 0 N–H and O–H groups in total. The third-order valence-electron chi connectivity index (χ3n) is 2.65. The lowest BCUT2D eigenvalue weighted by atomic mass is 10.2. The van der Waals surface area contributed by atoms with Gasteiger partial charge in [0.05, 0.1) is 11.7 Å². The normalized spacial score (nSPS) is 24.3. The van der Waals surface area contributed by atoms with E-state index < -0.39 is 0 Å². The highest BCUT2D eigenvalue weighted by atomic mass is 79.9. The first-order chi connectivity index (χ1) is 7.70. The molecule has 0 aliphatic carbocycles. The van der Waals surface area contributed by atoms with Crippen LogP contribution in [0.1, 0.15) is 18.9 Å². The van der Waals surface area contributed by atoms with Crippen molar-refractivity contribution in [2.45, 2.75) is 29.6 Å². The summed E-state index contributed by atoms with van der Waals surface area (Å²) in [5, 5.41) is 9.53. The molecule has 1 aromatic carbocycles. The Morgan fingerprint density at radius 3 is 3.00 bits per heavy atom. The van der Waals surface area contributed by atoms with Crippen molar-refractivity contribution in [1.29, 1.82) is 5.26 Å². The molecule has 1 aromatic rings. The molecule has 4 heteroatoms. The molecular formula is C12H12BrNOS. The standard InChI is InChI=1S/C12H12BrNOS/c1-8-11(4-5-15-8)16-12-3-2-10(13)6-9(12)7-14/h2-3,6,8,11H,4-5H2,1H3. The number of nitrogens with zero attached hydrogens (tertiary/aromatic N) is 1. The number of hydrogen-bond acceptors (Lipinski definition) is 3. The molecule has 1 fully saturated rings. The molecule has 16 heavy (non-hydrogen) atoms. The van der Waals surface area contributed by atoms with Gasteiger partial charge >= 0.3 is 0 Å². The largest absolute Gasteiger partial charge is 0.377 e. The number of benzene rings is 1. The van der Waals surface area contributed by atoms with Gasteiger partial charge in [0.1, 0.15) is 6.07 Å². The number of hydrogen-bond donors (Lipinski definition) is 0. The molecule has 0 bridgehead atoms. The van der Waals surface area contributed by atoms with E-state index in [1.54, 1.807) is 11.8 Å². The van der Waals surface area contributed by atoms with E-state index >= 15 is 0 Å². The van der Waals surface area contributed by atoms with Crippen molar-refractivity contribution in [1.82, 2.24) is 0 Å². The van der Waals surface area contributed by atoms with Gasteiger partial charge in [-0.3, -0.25) is 0 Å². The summed E-state index contributed by atoms with van der Waals surface area (Å²) in [6, 6.07) is 8.07. The number of nitriles is 1. The topological polar surface area (TPSA) is 33.0 Å². The molecule has 2 nitrogen and oxygen atoms in total. The molecule has 1 heterocycles. The quantitative estimate of drug-likeness (QED) is 0.836. The van der Waals surface area contributed by atoms with E-state index in [1.165, 1.54) is 0 Å². The molecule has 1 saturated heterocycles. The SMILES string of the molecule is CC1OCCC1Sc1ccc(Br)cc1C#N. The van der Waals surface area contributed by atoms with Crippen LogP contribution in [0.3, 0.4) is 0 Å². The van der Waals surface area contributed by atoms with Gasteiger partial charge in [-0.05, 0) is 31.5 Å². The van der Waals surface area contributed by atoms with Crippen molar-refractivity contribution < 1.29 is 4.74 Å². The van der Waals surface area contributed by atoms with E-state index in [0.29, 0.717) is 5.25 Å². The first-order valence-electron chi connectivity index (χ1n) is 5.18.